The number of aryl methyl sites for hydroxylation is 1. The second-order valence-electron chi connectivity index (χ2n) is 5.57. The molecule has 0 unspecified atom stereocenters. The molecule has 120 valence electrons. The largest absolute Gasteiger partial charge is 0.326 e. The van der Waals surface area contributed by atoms with Crippen LogP contribution in [-0.4, -0.2) is 49.2 Å². The first-order valence-electron chi connectivity index (χ1n) is 7.46. The maximum Gasteiger partial charge on any atom is 0.260 e. The molecule has 7 nitrogen and oxygen atoms in total. The second kappa shape index (κ2) is 6.87. The minimum Gasteiger partial charge on any atom is -0.326 e. The molecule has 0 bridgehead atoms. The van der Waals surface area contributed by atoms with Crippen molar-refractivity contribution in [2.24, 2.45) is 5.73 Å². The summed E-state index contributed by atoms with van der Waals surface area (Å²) in [5.74, 6) is 0. The van der Waals surface area contributed by atoms with Gasteiger partial charge in [-0.1, -0.05) is 6.92 Å². The van der Waals surface area contributed by atoms with Crippen molar-refractivity contribution in [1.82, 2.24) is 19.8 Å². The number of H-pyrrole nitrogens is 1. The predicted octanol–water partition coefficient (Wildman–Crippen LogP) is 0.330. The Bertz CT molecular complexity index is 561. The van der Waals surface area contributed by atoms with Crippen molar-refractivity contribution in [1.29, 1.82) is 0 Å². The molecule has 4 N–H and O–H groups in total. The molecule has 0 atom stereocenters. The van der Waals surface area contributed by atoms with E-state index in [4.69, 9.17) is 5.73 Å². The van der Waals surface area contributed by atoms with Crippen LogP contribution >= 0.6 is 0 Å². The van der Waals surface area contributed by atoms with Crippen LogP contribution in [0.4, 0.5) is 0 Å². The van der Waals surface area contributed by atoms with E-state index in [9.17, 15) is 8.42 Å². The first-order valence-corrected chi connectivity index (χ1v) is 8.94. The van der Waals surface area contributed by atoms with Crippen LogP contribution in [0.25, 0.3) is 0 Å². The van der Waals surface area contributed by atoms with Gasteiger partial charge < -0.3 is 10.6 Å². The quantitative estimate of drug-likeness (QED) is 0.702. The van der Waals surface area contributed by atoms with E-state index in [0.717, 1.165) is 38.9 Å². The van der Waals surface area contributed by atoms with E-state index in [1.165, 1.54) is 0 Å². The topological polar surface area (TPSA) is 104 Å². The highest BCUT2D eigenvalue weighted by Crippen LogP contribution is 2.18. The first-order chi connectivity index (χ1) is 9.97. The molecule has 2 heterocycles. The molecule has 21 heavy (non-hydrogen) atoms. The third-order valence-corrected chi connectivity index (χ3v) is 5.43. The number of hydrogen-bond acceptors (Lipinski definition) is 5. The summed E-state index contributed by atoms with van der Waals surface area (Å²) >= 11 is 0. The molecule has 1 aromatic rings. The molecular formula is C13H25N5O2S. The Labute approximate surface area is 126 Å². The molecule has 1 aliphatic rings. The fourth-order valence-corrected chi connectivity index (χ4v) is 4.27. The van der Waals surface area contributed by atoms with E-state index in [1.807, 2.05) is 0 Å². The van der Waals surface area contributed by atoms with Gasteiger partial charge in [-0.15, -0.1) is 0 Å². The van der Waals surface area contributed by atoms with Gasteiger partial charge in [0, 0.05) is 23.8 Å². The van der Waals surface area contributed by atoms with Crippen LogP contribution in [0.2, 0.25) is 0 Å². The molecule has 0 spiro atoms. The summed E-state index contributed by atoms with van der Waals surface area (Å²) in [7, 11) is -3.60. The number of likely N-dealkylation sites (tertiary alicyclic amines) is 1. The highest BCUT2D eigenvalue weighted by Gasteiger charge is 2.28. The monoisotopic (exact) mass is 315 g/mol. The fraction of sp³-hybridized carbons (Fsp3) is 0.769. The number of nitrogens with two attached hydrogens (primary N) is 1. The van der Waals surface area contributed by atoms with Crippen LogP contribution < -0.4 is 10.5 Å². The Hall–Kier alpha value is -0.960. The molecule has 1 aromatic heterocycles. The van der Waals surface area contributed by atoms with Gasteiger partial charge in [-0.2, -0.15) is 5.10 Å². The molecule has 0 aromatic carbocycles. The molecule has 8 heteroatoms. The summed E-state index contributed by atoms with van der Waals surface area (Å²) in [4.78, 5) is 2.37. The Morgan fingerprint density at radius 2 is 2.10 bits per heavy atom. The van der Waals surface area contributed by atoms with Crippen molar-refractivity contribution in [2.75, 3.05) is 19.6 Å². The zero-order chi connectivity index (χ0) is 15.5. The van der Waals surface area contributed by atoms with E-state index < -0.39 is 10.0 Å². The number of piperidine rings is 1. The van der Waals surface area contributed by atoms with Crippen molar-refractivity contribution in [3.05, 3.63) is 11.3 Å². The molecule has 0 amide bonds. The van der Waals surface area contributed by atoms with Crippen molar-refractivity contribution >= 4 is 10.0 Å². The first kappa shape index (κ1) is 16.4. The molecule has 0 aliphatic carbocycles. The summed E-state index contributed by atoms with van der Waals surface area (Å²) < 4.78 is 27.6. The van der Waals surface area contributed by atoms with Crippen molar-refractivity contribution in [3.8, 4) is 0 Å². The van der Waals surface area contributed by atoms with Crippen LogP contribution in [0.3, 0.4) is 0 Å². The van der Waals surface area contributed by atoms with Gasteiger partial charge in [0.05, 0.1) is 0 Å². The molecular weight excluding hydrogens is 290 g/mol. The Kier molecular flexibility index (Phi) is 5.37. The number of hydrogen-bond donors (Lipinski definition) is 3. The summed E-state index contributed by atoms with van der Waals surface area (Å²) in [6, 6.07) is -0.0225. The number of aromatic amines is 1. The zero-order valence-corrected chi connectivity index (χ0v) is 13.5. The van der Waals surface area contributed by atoms with E-state index >= 15 is 0 Å². The highest BCUT2D eigenvalue weighted by molar-refractivity contribution is 7.89. The number of nitrogens with zero attached hydrogens (tertiary/aromatic N) is 2. The molecule has 0 radical (unpaired) electrons. The van der Waals surface area contributed by atoms with Crippen molar-refractivity contribution < 1.29 is 8.42 Å². The lowest BCUT2D eigenvalue weighted by molar-refractivity contribution is 0.208. The Balaban J connectivity index is 2.02. The molecule has 1 aliphatic heterocycles. The zero-order valence-electron chi connectivity index (χ0n) is 12.7. The van der Waals surface area contributed by atoms with Gasteiger partial charge in [0.25, 0.3) is 10.0 Å². The lowest BCUT2D eigenvalue weighted by atomic mass is 10.1. The van der Waals surface area contributed by atoms with Crippen LogP contribution in [0.1, 0.15) is 37.4 Å². The molecule has 1 fully saturated rings. The summed E-state index contributed by atoms with van der Waals surface area (Å²) in [6.45, 7) is 7.04. The Morgan fingerprint density at radius 1 is 1.43 bits per heavy atom. The highest BCUT2D eigenvalue weighted by atomic mass is 32.2. The minimum absolute atomic E-state index is 0.0225. The van der Waals surface area contributed by atoms with Crippen molar-refractivity contribution in [3.63, 3.8) is 0 Å². The number of aromatic nitrogens is 2. The lowest BCUT2D eigenvalue weighted by Gasteiger charge is -2.31. The third-order valence-electron chi connectivity index (χ3n) is 3.94. The average Bonchev–Trinajstić information content (AvgIpc) is 2.83. The number of rotatable bonds is 6. The van der Waals surface area contributed by atoms with Gasteiger partial charge in [0.1, 0.15) is 0 Å². The molecule has 1 saturated heterocycles. The normalized spacial score (nSPS) is 18.2. The number of nitrogens with one attached hydrogen (secondary N) is 2. The van der Waals surface area contributed by atoms with E-state index in [2.05, 4.69) is 26.7 Å². The standard InChI is InChI=1S/C13H25N5O2S/c1-3-6-18-7-4-11(5-8-18)17-21(19,20)13-12(9-14)10(2)15-16-13/h11,17H,3-9,14H2,1-2H3,(H,15,16). The molecule has 2 rings (SSSR count). The van der Waals surface area contributed by atoms with Crippen LogP contribution in [0, 0.1) is 6.92 Å². The van der Waals surface area contributed by atoms with Crippen LogP contribution in [0.15, 0.2) is 5.03 Å². The Morgan fingerprint density at radius 3 is 2.67 bits per heavy atom. The minimum atomic E-state index is -3.60. The fourth-order valence-electron chi connectivity index (χ4n) is 2.76. The summed E-state index contributed by atoms with van der Waals surface area (Å²) in [5.41, 5.74) is 6.88. The van der Waals surface area contributed by atoms with Crippen molar-refractivity contribution in [2.45, 2.75) is 50.7 Å². The third kappa shape index (κ3) is 3.82. The van der Waals surface area contributed by atoms with E-state index in [-0.39, 0.29) is 17.6 Å². The second-order valence-corrected chi connectivity index (χ2v) is 7.20. The smallest absolute Gasteiger partial charge is 0.260 e. The molecule has 0 saturated carbocycles. The van der Waals surface area contributed by atoms with Gasteiger partial charge in [0.15, 0.2) is 5.03 Å². The average molecular weight is 315 g/mol. The maximum absolute atomic E-state index is 12.4. The van der Waals surface area contributed by atoms with Crippen LogP contribution in [-0.2, 0) is 16.6 Å². The van der Waals surface area contributed by atoms with Gasteiger partial charge in [0.2, 0.25) is 0 Å². The summed E-state index contributed by atoms with van der Waals surface area (Å²) in [6.07, 6.45) is 2.80. The van der Waals surface area contributed by atoms with Gasteiger partial charge in [-0.3, -0.25) is 5.10 Å². The predicted molar refractivity (Wildman–Crippen MR) is 81.3 cm³/mol. The lowest BCUT2D eigenvalue weighted by Crippen LogP contribution is -2.45. The van der Waals surface area contributed by atoms with Gasteiger partial charge in [-0.25, -0.2) is 13.1 Å². The number of sulfonamides is 1. The van der Waals surface area contributed by atoms with E-state index in [0.29, 0.717) is 11.3 Å². The van der Waals surface area contributed by atoms with E-state index in [1.54, 1.807) is 6.92 Å². The van der Waals surface area contributed by atoms with Crippen LogP contribution in [0.5, 0.6) is 0 Å². The summed E-state index contributed by atoms with van der Waals surface area (Å²) in [5, 5.41) is 6.64. The van der Waals surface area contributed by atoms with Gasteiger partial charge in [-0.05, 0) is 45.8 Å². The SMILES string of the molecule is CCCN1CCC(NS(=O)(=O)c2n[nH]c(C)c2CN)CC1. The van der Waals surface area contributed by atoms with Gasteiger partial charge >= 0.3 is 0 Å². The maximum atomic E-state index is 12.4.